The molecule has 0 bridgehead atoms. The van der Waals surface area contributed by atoms with Crippen molar-refractivity contribution in [3.8, 4) is 11.3 Å². The molecule has 0 radical (unpaired) electrons. The highest BCUT2D eigenvalue weighted by Crippen LogP contribution is 2.22. The molecule has 4 nitrogen and oxygen atoms in total. The molecule has 1 aromatic heterocycles. The molecule has 0 aliphatic rings. The van der Waals surface area contributed by atoms with Crippen molar-refractivity contribution in [3.05, 3.63) is 47.7 Å². The van der Waals surface area contributed by atoms with Crippen molar-refractivity contribution in [1.82, 2.24) is 5.32 Å². The van der Waals surface area contributed by atoms with Crippen molar-refractivity contribution in [3.63, 3.8) is 0 Å². The van der Waals surface area contributed by atoms with Crippen LogP contribution in [0.2, 0.25) is 0 Å². The van der Waals surface area contributed by atoms with Crippen LogP contribution in [0, 0.1) is 6.92 Å². The standard InChI is InChI=1S/C17H21NO3/c1-12-5-10-15(20-12)14-8-6-13(7-9-14)11-18-16(19)21-17(2,3)4/h5-10H,11H2,1-4H3,(H,18,19). The van der Waals surface area contributed by atoms with Gasteiger partial charge in [0, 0.05) is 12.1 Å². The summed E-state index contributed by atoms with van der Waals surface area (Å²) in [5.41, 5.74) is 1.54. The molecule has 0 saturated heterocycles. The SMILES string of the molecule is Cc1ccc(-c2ccc(CNC(=O)OC(C)(C)C)cc2)o1. The van der Waals surface area contributed by atoms with E-state index < -0.39 is 11.7 Å². The van der Waals surface area contributed by atoms with E-state index in [2.05, 4.69) is 5.32 Å². The van der Waals surface area contributed by atoms with E-state index in [0.29, 0.717) is 6.54 Å². The first-order valence-electron chi connectivity index (χ1n) is 6.96. The number of hydrogen-bond donors (Lipinski definition) is 1. The van der Waals surface area contributed by atoms with E-state index in [1.165, 1.54) is 0 Å². The smallest absolute Gasteiger partial charge is 0.407 e. The zero-order chi connectivity index (χ0) is 15.5. The van der Waals surface area contributed by atoms with Gasteiger partial charge < -0.3 is 14.5 Å². The van der Waals surface area contributed by atoms with E-state index in [1.54, 1.807) is 0 Å². The number of amides is 1. The van der Waals surface area contributed by atoms with Crippen molar-refractivity contribution in [2.75, 3.05) is 0 Å². The fourth-order valence-electron chi connectivity index (χ4n) is 1.86. The highest BCUT2D eigenvalue weighted by atomic mass is 16.6. The third-order valence-corrected chi connectivity index (χ3v) is 2.81. The summed E-state index contributed by atoms with van der Waals surface area (Å²) in [6, 6.07) is 11.8. The minimum Gasteiger partial charge on any atom is -0.461 e. The van der Waals surface area contributed by atoms with Crippen LogP contribution in [0.3, 0.4) is 0 Å². The van der Waals surface area contributed by atoms with Gasteiger partial charge >= 0.3 is 6.09 Å². The number of alkyl carbamates (subject to hydrolysis) is 1. The average Bonchev–Trinajstić information content (AvgIpc) is 2.82. The van der Waals surface area contributed by atoms with Gasteiger partial charge in [-0.05, 0) is 45.4 Å². The Bertz CT molecular complexity index is 606. The van der Waals surface area contributed by atoms with Gasteiger partial charge in [0.15, 0.2) is 0 Å². The average molecular weight is 287 g/mol. The number of rotatable bonds is 3. The summed E-state index contributed by atoms with van der Waals surface area (Å²) in [7, 11) is 0. The Hall–Kier alpha value is -2.23. The van der Waals surface area contributed by atoms with Crippen molar-refractivity contribution < 1.29 is 13.9 Å². The van der Waals surface area contributed by atoms with E-state index in [1.807, 2.05) is 64.1 Å². The largest absolute Gasteiger partial charge is 0.461 e. The molecule has 1 N–H and O–H groups in total. The summed E-state index contributed by atoms with van der Waals surface area (Å²) in [5, 5.41) is 2.73. The lowest BCUT2D eigenvalue weighted by molar-refractivity contribution is 0.0523. The van der Waals surface area contributed by atoms with Gasteiger partial charge in [-0.3, -0.25) is 0 Å². The molecule has 2 rings (SSSR count). The van der Waals surface area contributed by atoms with Crippen LogP contribution in [0.25, 0.3) is 11.3 Å². The van der Waals surface area contributed by atoms with Gasteiger partial charge in [-0.1, -0.05) is 24.3 Å². The van der Waals surface area contributed by atoms with Crippen LogP contribution in [0.15, 0.2) is 40.8 Å². The van der Waals surface area contributed by atoms with Crippen LogP contribution in [0.4, 0.5) is 4.79 Å². The van der Waals surface area contributed by atoms with E-state index in [0.717, 1.165) is 22.6 Å². The van der Waals surface area contributed by atoms with Crippen molar-refractivity contribution >= 4 is 6.09 Å². The molecule has 0 spiro atoms. The lowest BCUT2D eigenvalue weighted by Gasteiger charge is -2.19. The normalized spacial score (nSPS) is 11.2. The summed E-state index contributed by atoms with van der Waals surface area (Å²) in [6.45, 7) is 7.88. The van der Waals surface area contributed by atoms with Gasteiger partial charge in [0.25, 0.3) is 0 Å². The Morgan fingerprint density at radius 1 is 1.14 bits per heavy atom. The summed E-state index contributed by atoms with van der Waals surface area (Å²) in [6.07, 6.45) is -0.409. The van der Waals surface area contributed by atoms with E-state index >= 15 is 0 Å². The molecular weight excluding hydrogens is 266 g/mol. The first kappa shape index (κ1) is 15.2. The van der Waals surface area contributed by atoms with Gasteiger partial charge in [-0.25, -0.2) is 4.79 Å². The highest BCUT2D eigenvalue weighted by molar-refractivity contribution is 5.67. The number of carbonyl (C=O) groups is 1. The Morgan fingerprint density at radius 2 is 1.81 bits per heavy atom. The zero-order valence-corrected chi connectivity index (χ0v) is 12.9. The Kier molecular flexibility index (Phi) is 4.36. The van der Waals surface area contributed by atoms with Gasteiger partial charge in [0.05, 0.1) is 0 Å². The topological polar surface area (TPSA) is 51.5 Å². The van der Waals surface area contributed by atoms with Crippen LogP contribution >= 0.6 is 0 Å². The molecule has 21 heavy (non-hydrogen) atoms. The lowest BCUT2D eigenvalue weighted by atomic mass is 10.1. The van der Waals surface area contributed by atoms with Crippen LogP contribution in [-0.4, -0.2) is 11.7 Å². The number of ether oxygens (including phenoxy) is 1. The third-order valence-electron chi connectivity index (χ3n) is 2.81. The van der Waals surface area contributed by atoms with Gasteiger partial charge in [-0.15, -0.1) is 0 Å². The minimum absolute atomic E-state index is 0.409. The molecule has 1 heterocycles. The van der Waals surface area contributed by atoms with Crippen LogP contribution in [-0.2, 0) is 11.3 Å². The maximum Gasteiger partial charge on any atom is 0.407 e. The summed E-state index contributed by atoms with van der Waals surface area (Å²) >= 11 is 0. The first-order chi connectivity index (χ1) is 9.83. The molecule has 1 aromatic carbocycles. The number of furan rings is 1. The summed E-state index contributed by atoms with van der Waals surface area (Å²) in [5.74, 6) is 1.74. The van der Waals surface area contributed by atoms with Crippen LogP contribution < -0.4 is 5.32 Å². The Balaban J connectivity index is 1.92. The van der Waals surface area contributed by atoms with Crippen LogP contribution in [0.1, 0.15) is 32.1 Å². The van der Waals surface area contributed by atoms with E-state index in [9.17, 15) is 4.79 Å². The number of benzene rings is 1. The molecule has 0 atom stereocenters. The summed E-state index contributed by atoms with van der Waals surface area (Å²) < 4.78 is 10.8. The fraction of sp³-hybridized carbons (Fsp3) is 0.353. The van der Waals surface area contributed by atoms with Crippen molar-refractivity contribution in [2.45, 2.75) is 39.8 Å². The van der Waals surface area contributed by atoms with Gasteiger partial charge in [0.1, 0.15) is 17.1 Å². The molecule has 4 heteroatoms. The fourth-order valence-corrected chi connectivity index (χ4v) is 1.86. The highest BCUT2D eigenvalue weighted by Gasteiger charge is 2.15. The molecule has 1 amide bonds. The van der Waals surface area contributed by atoms with Crippen molar-refractivity contribution in [1.29, 1.82) is 0 Å². The third kappa shape index (κ3) is 4.67. The molecule has 0 saturated carbocycles. The zero-order valence-electron chi connectivity index (χ0n) is 12.9. The quantitative estimate of drug-likeness (QED) is 0.916. The monoisotopic (exact) mass is 287 g/mol. The molecule has 2 aromatic rings. The molecule has 0 aliphatic carbocycles. The minimum atomic E-state index is -0.481. The summed E-state index contributed by atoms with van der Waals surface area (Å²) in [4.78, 5) is 11.6. The van der Waals surface area contributed by atoms with E-state index in [-0.39, 0.29) is 0 Å². The number of nitrogens with one attached hydrogen (secondary N) is 1. The lowest BCUT2D eigenvalue weighted by Crippen LogP contribution is -2.32. The van der Waals surface area contributed by atoms with E-state index in [4.69, 9.17) is 9.15 Å². The van der Waals surface area contributed by atoms with Crippen LogP contribution in [0.5, 0.6) is 0 Å². The van der Waals surface area contributed by atoms with Crippen molar-refractivity contribution in [2.24, 2.45) is 0 Å². The molecule has 0 aliphatic heterocycles. The van der Waals surface area contributed by atoms with Gasteiger partial charge in [-0.2, -0.15) is 0 Å². The first-order valence-corrected chi connectivity index (χ1v) is 6.96. The second-order valence-corrected chi connectivity index (χ2v) is 5.96. The van der Waals surface area contributed by atoms with Gasteiger partial charge in [0.2, 0.25) is 0 Å². The maximum absolute atomic E-state index is 11.6. The predicted molar refractivity (Wildman–Crippen MR) is 82.0 cm³/mol. The molecule has 0 fully saturated rings. The molecule has 0 unspecified atom stereocenters. The number of carbonyl (C=O) groups excluding carboxylic acids is 1. The second-order valence-electron chi connectivity index (χ2n) is 5.96. The second kappa shape index (κ2) is 6.04. The Labute approximate surface area is 125 Å². The number of aryl methyl sites for hydroxylation is 1. The predicted octanol–water partition coefficient (Wildman–Crippen LogP) is 4.28. The maximum atomic E-state index is 11.6. The molecule has 112 valence electrons. The molecular formula is C17H21NO3. The number of hydrogen-bond acceptors (Lipinski definition) is 3. The Morgan fingerprint density at radius 3 is 2.33 bits per heavy atom.